The predicted octanol–water partition coefficient (Wildman–Crippen LogP) is 0.973. The third-order valence-electron chi connectivity index (χ3n) is 1.62. The van der Waals surface area contributed by atoms with E-state index in [2.05, 4.69) is 9.55 Å². The van der Waals surface area contributed by atoms with Gasteiger partial charge in [0.15, 0.2) is 4.32 Å². The van der Waals surface area contributed by atoms with Crippen molar-refractivity contribution >= 4 is 44.6 Å². The number of hydrogen-bond acceptors (Lipinski definition) is 6. The molecule has 0 aliphatic carbocycles. The van der Waals surface area contributed by atoms with E-state index in [1.807, 2.05) is 18.2 Å². The van der Waals surface area contributed by atoms with Crippen LogP contribution in [0.15, 0.2) is 35.7 Å². The topological polar surface area (TPSA) is 84.2 Å². The van der Waals surface area contributed by atoms with Crippen LogP contribution >= 0.6 is 24.2 Å². The standard InChI is InChI=1S/C9H11N3O2S3/c10-12-16-9(15)11-17(13,14)7-6-8-4-2-1-3-5-8/h1-7,12H,10H2,(H,11,15). The lowest BCUT2D eigenvalue weighted by molar-refractivity contribution is 0.602. The number of rotatable bonds is 4. The molecule has 4 N–H and O–H groups in total. The average molecular weight is 289 g/mol. The Morgan fingerprint density at radius 2 is 2.00 bits per heavy atom. The normalized spacial score (nSPS) is 11.6. The van der Waals surface area contributed by atoms with Crippen LogP contribution in [0.1, 0.15) is 5.56 Å². The van der Waals surface area contributed by atoms with Crippen molar-refractivity contribution < 1.29 is 8.42 Å². The Bertz CT molecular complexity index is 499. The van der Waals surface area contributed by atoms with Crippen molar-refractivity contribution in [3.63, 3.8) is 0 Å². The number of sulfonamides is 1. The largest absolute Gasteiger partial charge is 0.264 e. The highest BCUT2D eigenvalue weighted by atomic mass is 32.2. The maximum atomic E-state index is 11.5. The Morgan fingerprint density at radius 3 is 2.59 bits per heavy atom. The zero-order valence-electron chi connectivity index (χ0n) is 8.66. The second kappa shape index (κ2) is 6.72. The van der Waals surface area contributed by atoms with Gasteiger partial charge in [-0.05, 0) is 11.6 Å². The molecule has 0 radical (unpaired) electrons. The highest BCUT2D eigenvalue weighted by Crippen LogP contribution is 2.03. The summed E-state index contributed by atoms with van der Waals surface area (Å²) in [5, 5.41) is 1.05. The molecule has 92 valence electrons. The van der Waals surface area contributed by atoms with E-state index in [9.17, 15) is 8.42 Å². The number of hydrogen-bond donors (Lipinski definition) is 3. The molecule has 0 aliphatic heterocycles. The molecule has 1 aromatic rings. The van der Waals surface area contributed by atoms with Crippen LogP contribution in [0.25, 0.3) is 6.08 Å². The van der Waals surface area contributed by atoms with Crippen molar-refractivity contribution in [2.75, 3.05) is 0 Å². The van der Waals surface area contributed by atoms with Gasteiger partial charge >= 0.3 is 0 Å². The molecule has 0 aromatic heterocycles. The minimum atomic E-state index is -3.59. The lowest BCUT2D eigenvalue weighted by Gasteiger charge is -2.03. The van der Waals surface area contributed by atoms with Crippen LogP contribution in [0.4, 0.5) is 0 Å². The Hall–Kier alpha value is -0.930. The molecule has 0 saturated carbocycles. The molecule has 0 unspecified atom stereocenters. The maximum absolute atomic E-state index is 11.5. The van der Waals surface area contributed by atoms with Gasteiger partial charge in [-0.2, -0.15) is 4.83 Å². The fraction of sp³-hybridized carbons (Fsp3) is 0. The van der Waals surface area contributed by atoms with Gasteiger partial charge in [-0.3, -0.25) is 10.6 Å². The van der Waals surface area contributed by atoms with Gasteiger partial charge in [-0.25, -0.2) is 8.42 Å². The second-order valence-corrected chi connectivity index (χ2v) is 5.95. The summed E-state index contributed by atoms with van der Waals surface area (Å²) in [6, 6.07) is 9.07. The molecule has 0 bridgehead atoms. The van der Waals surface area contributed by atoms with Crippen molar-refractivity contribution in [2.45, 2.75) is 0 Å². The molecular weight excluding hydrogens is 278 g/mol. The first-order valence-electron chi connectivity index (χ1n) is 4.46. The molecule has 0 atom stereocenters. The first kappa shape index (κ1) is 14.1. The van der Waals surface area contributed by atoms with Crippen LogP contribution in [-0.2, 0) is 10.0 Å². The van der Waals surface area contributed by atoms with Crippen LogP contribution in [0.5, 0.6) is 0 Å². The van der Waals surface area contributed by atoms with E-state index in [1.165, 1.54) is 6.08 Å². The van der Waals surface area contributed by atoms with Crippen LogP contribution in [0, 0.1) is 0 Å². The average Bonchev–Trinajstić information content (AvgIpc) is 2.27. The van der Waals surface area contributed by atoms with E-state index in [1.54, 1.807) is 12.1 Å². The van der Waals surface area contributed by atoms with Gasteiger partial charge in [0.2, 0.25) is 0 Å². The zero-order valence-corrected chi connectivity index (χ0v) is 11.1. The van der Waals surface area contributed by atoms with Crippen LogP contribution < -0.4 is 15.4 Å². The number of nitrogens with one attached hydrogen (secondary N) is 2. The molecule has 1 aromatic carbocycles. The van der Waals surface area contributed by atoms with E-state index < -0.39 is 10.0 Å². The van der Waals surface area contributed by atoms with Crippen molar-refractivity contribution in [1.82, 2.24) is 9.55 Å². The summed E-state index contributed by atoms with van der Waals surface area (Å²) in [5.41, 5.74) is 0.786. The maximum Gasteiger partial charge on any atom is 0.256 e. The molecule has 0 fully saturated rings. The summed E-state index contributed by atoms with van der Waals surface area (Å²) in [7, 11) is -3.59. The van der Waals surface area contributed by atoms with Crippen LogP contribution in [0.2, 0.25) is 0 Å². The van der Waals surface area contributed by atoms with E-state index in [4.69, 9.17) is 18.1 Å². The molecule has 0 saturated heterocycles. The first-order valence-corrected chi connectivity index (χ1v) is 7.23. The summed E-state index contributed by atoms with van der Waals surface area (Å²) in [6.07, 6.45) is 1.48. The Kier molecular flexibility index (Phi) is 5.59. The van der Waals surface area contributed by atoms with Crippen molar-refractivity contribution in [2.24, 2.45) is 5.84 Å². The predicted molar refractivity (Wildman–Crippen MR) is 75.0 cm³/mol. The van der Waals surface area contributed by atoms with Crippen LogP contribution in [0.3, 0.4) is 0 Å². The summed E-state index contributed by atoms with van der Waals surface area (Å²) >= 11 is 5.54. The lowest BCUT2D eigenvalue weighted by atomic mass is 10.2. The monoisotopic (exact) mass is 289 g/mol. The highest BCUT2D eigenvalue weighted by Gasteiger charge is 2.07. The molecule has 0 heterocycles. The number of nitrogens with two attached hydrogens (primary N) is 1. The number of thiocarbonyl (C=S) groups is 1. The molecule has 1 rings (SSSR count). The highest BCUT2D eigenvalue weighted by molar-refractivity contribution is 8.22. The van der Waals surface area contributed by atoms with Gasteiger partial charge < -0.3 is 0 Å². The molecule has 0 amide bonds. The Balaban J connectivity index is 2.67. The van der Waals surface area contributed by atoms with Crippen molar-refractivity contribution in [3.05, 3.63) is 41.3 Å². The van der Waals surface area contributed by atoms with Crippen LogP contribution in [-0.4, -0.2) is 12.7 Å². The second-order valence-electron chi connectivity index (χ2n) is 2.87. The van der Waals surface area contributed by atoms with Gasteiger partial charge in [0.05, 0.1) is 5.41 Å². The Morgan fingerprint density at radius 1 is 1.35 bits per heavy atom. The SMILES string of the molecule is NNSC(=S)NS(=O)(=O)C=Cc1ccccc1. The van der Waals surface area contributed by atoms with Crippen molar-refractivity contribution in [1.29, 1.82) is 0 Å². The van der Waals surface area contributed by atoms with E-state index in [-0.39, 0.29) is 4.32 Å². The minimum absolute atomic E-state index is 0.0326. The first-order chi connectivity index (χ1) is 8.03. The summed E-state index contributed by atoms with van der Waals surface area (Å²) in [6.45, 7) is 0. The summed E-state index contributed by atoms with van der Waals surface area (Å²) < 4.78 is 25.2. The van der Waals surface area contributed by atoms with E-state index in [0.29, 0.717) is 0 Å². The summed E-state index contributed by atoms with van der Waals surface area (Å²) in [4.78, 5) is 2.19. The smallest absolute Gasteiger partial charge is 0.256 e. The molecule has 0 spiro atoms. The molecule has 17 heavy (non-hydrogen) atoms. The van der Waals surface area contributed by atoms with Crippen molar-refractivity contribution in [3.8, 4) is 0 Å². The fourth-order valence-corrected chi connectivity index (χ4v) is 2.71. The number of benzene rings is 1. The molecular formula is C9H11N3O2S3. The molecule has 8 heteroatoms. The third kappa shape index (κ3) is 5.80. The molecule has 5 nitrogen and oxygen atoms in total. The minimum Gasteiger partial charge on any atom is -0.264 e. The van der Waals surface area contributed by atoms with Gasteiger partial charge in [0.25, 0.3) is 10.0 Å². The van der Waals surface area contributed by atoms with Gasteiger partial charge in [0, 0.05) is 11.9 Å². The quantitative estimate of drug-likeness (QED) is 0.331. The third-order valence-corrected chi connectivity index (χ3v) is 3.62. The van der Waals surface area contributed by atoms with Gasteiger partial charge in [-0.1, -0.05) is 42.5 Å². The molecule has 0 aliphatic rings. The Labute approximate surface area is 110 Å². The van der Waals surface area contributed by atoms with E-state index >= 15 is 0 Å². The zero-order chi connectivity index (χ0) is 12.7. The fourth-order valence-electron chi connectivity index (χ4n) is 0.957. The summed E-state index contributed by atoms with van der Waals surface area (Å²) in [5.74, 6) is 4.99. The lowest BCUT2D eigenvalue weighted by Crippen LogP contribution is -2.28. The van der Waals surface area contributed by atoms with E-state index in [0.717, 1.165) is 22.9 Å². The number of hydrazine groups is 1. The van der Waals surface area contributed by atoms with Gasteiger partial charge in [-0.15, -0.1) is 0 Å². The van der Waals surface area contributed by atoms with Gasteiger partial charge in [0.1, 0.15) is 0 Å².